The maximum absolute atomic E-state index is 12.4. The Bertz CT molecular complexity index is 664. The van der Waals surface area contributed by atoms with Gasteiger partial charge in [0.2, 0.25) is 0 Å². The summed E-state index contributed by atoms with van der Waals surface area (Å²) in [5, 5.41) is 11.9. The van der Waals surface area contributed by atoms with E-state index < -0.39 is 0 Å². The average molecular weight is 315 g/mol. The molecule has 2 aromatic rings. The Balaban J connectivity index is 1.61. The van der Waals surface area contributed by atoms with Gasteiger partial charge in [-0.2, -0.15) is 10.2 Å². The van der Waals surface area contributed by atoms with Crippen LogP contribution in [0.1, 0.15) is 60.4 Å². The van der Waals surface area contributed by atoms with E-state index >= 15 is 0 Å². The molecule has 1 saturated carbocycles. The highest BCUT2D eigenvalue weighted by molar-refractivity contribution is 5.92. The molecule has 0 aliphatic heterocycles. The molecule has 0 atom stereocenters. The van der Waals surface area contributed by atoms with Crippen molar-refractivity contribution in [2.75, 3.05) is 0 Å². The number of aromatic nitrogens is 4. The molecule has 0 aromatic carbocycles. The highest BCUT2D eigenvalue weighted by atomic mass is 16.2. The van der Waals surface area contributed by atoms with Gasteiger partial charge in [0.25, 0.3) is 5.91 Å². The molecule has 2 heterocycles. The van der Waals surface area contributed by atoms with Gasteiger partial charge < -0.3 is 5.32 Å². The maximum atomic E-state index is 12.4. The van der Waals surface area contributed by atoms with E-state index in [4.69, 9.17) is 0 Å². The summed E-state index contributed by atoms with van der Waals surface area (Å²) in [7, 11) is 0. The van der Waals surface area contributed by atoms with Gasteiger partial charge in [-0.3, -0.25) is 9.48 Å². The molecule has 0 saturated heterocycles. The summed E-state index contributed by atoms with van der Waals surface area (Å²) in [4.78, 5) is 12.4. The zero-order valence-corrected chi connectivity index (χ0v) is 14.0. The van der Waals surface area contributed by atoms with Crippen molar-refractivity contribution in [2.24, 2.45) is 0 Å². The Labute approximate surface area is 136 Å². The Morgan fingerprint density at radius 2 is 1.96 bits per heavy atom. The Kier molecular flexibility index (Phi) is 4.79. The predicted molar refractivity (Wildman–Crippen MR) is 88.3 cm³/mol. The highest BCUT2D eigenvalue weighted by Gasteiger charge is 2.17. The minimum absolute atomic E-state index is 0.0657. The molecule has 6 heteroatoms. The van der Waals surface area contributed by atoms with Crippen LogP contribution in [0.15, 0.2) is 18.3 Å². The number of aryl methyl sites for hydroxylation is 2. The first kappa shape index (κ1) is 15.8. The first-order valence-corrected chi connectivity index (χ1v) is 8.47. The maximum Gasteiger partial charge on any atom is 0.271 e. The van der Waals surface area contributed by atoms with E-state index in [0.29, 0.717) is 18.4 Å². The number of amides is 1. The van der Waals surface area contributed by atoms with Gasteiger partial charge in [-0.05, 0) is 38.8 Å². The van der Waals surface area contributed by atoms with Gasteiger partial charge in [0.05, 0.1) is 5.69 Å². The molecule has 0 spiro atoms. The van der Waals surface area contributed by atoms with Crippen LogP contribution < -0.4 is 5.32 Å². The van der Waals surface area contributed by atoms with Crippen molar-refractivity contribution in [1.29, 1.82) is 0 Å². The predicted octanol–water partition coefficient (Wildman–Crippen LogP) is 2.65. The van der Waals surface area contributed by atoms with Crippen LogP contribution in [0.25, 0.3) is 0 Å². The minimum Gasteiger partial charge on any atom is -0.348 e. The standard InChI is InChI=1S/C17H25N5O/c1-13-11-14(2)22(19-13)12-21-10-9-16(20-21)17(23)18-15-7-5-3-4-6-8-15/h9-11,15H,3-8,12H2,1-2H3,(H,18,23). The van der Waals surface area contributed by atoms with E-state index in [9.17, 15) is 4.79 Å². The van der Waals surface area contributed by atoms with Crippen molar-refractivity contribution in [3.63, 3.8) is 0 Å². The van der Waals surface area contributed by atoms with E-state index in [0.717, 1.165) is 24.2 Å². The summed E-state index contributed by atoms with van der Waals surface area (Å²) in [6.07, 6.45) is 8.97. The molecule has 124 valence electrons. The van der Waals surface area contributed by atoms with Crippen molar-refractivity contribution in [3.8, 4) is 0 Å². The summed E-state index contributed by atoms with van der Waals surface area (Å²) < 4.78 is 3.64. The van der Waals surface area contributed by atoms with Gasteiger partial charge >= 0.3 is 0 Å². The molecule has 23 heavy (non-hydrogen) atoms. The SMILES string of the molecule is Cc1cc(C)n(Cn2ccc(C(=O)NC3CCCCCC3)n2)n1. The van der Waals surface area contributed by atoms with Crippen LogP contribution in [-0.4, -0.2) is 31.5 Å². The quantitative estimate of drug-likeness (QED) is 0.882. The number of hydrogen-bond donors (Lipinski definition) is 1. The number of carbonyl (C=O) groups is 1. The lowest BCUT2D eigenvalue weighted by atomic mass is 10.1. The molecule has 1 fully saturated rings. The van der Waals surface area contributed by atoms with Crippen LogP contribution >= 0.6 is 0 Å². The Morgan fingerprint density at radius 1 is 1.22 bits per heavy atom. The zero-order chi connectivity index (χ0) is 16.2. The van der Waals surface area contributed by atoms with Gasteiger partial charge in [-0.15, -0.1) is 0 Å². The summed E-state index contributed by atoms with van der Waals surface area (Å²) in [6.45, 7) is 4.51. The van der Waals surface area contributed by atoms with Crippen molar-refractivity contribution in [1.82, 2.24) is 24.9 Å². The Morgan fingerprint density at radius 3 is 2.61 bits per heavy atom. The third-order valence-electron chi connectivity index (χ3n) is 4.45. The summed E-state index contributed by atoms with van der Waals surface area (Å²) >= 11 is 0. The molecule has 1 aliphatic carbocycles. The number of rotatable bonds is 4. The van der Waals surface area contributed by atoms with Gasteiger partial charge in [0.1, 0.15) is 12.4 Å². The lowest BCUT2D eigenvalue weighted by Crippen LogP contribution is -2.34. The molecular formula is C17H25N5O. The van der Waals surface area contributed by atoms with Crippen LogP contribution in [0.5, 0.6) is 0 Å². The van der Waals surface area contributed by atoms with E-state index in [-0.39, 0.29) is 5.91 Å². The third kappa shape index (κ3) is 4.00. The second kappa shape index (κ2) is 6.98. The summed E-state index contributed by atoms with van der Waals surface area (Å²) in [5.41, 5.74) is 2.55. The molecule has 6 nitrogen and oxygen atoms in total. The molecule has 0 radical (unpaired) electrons. The largest absolute Gasteiger partial charge is 0.348 e. The first-order valence-electron chi connectivity index (χ1n) is 8.47. The first-order chi connectivity index (χ1) is 11.1. The van der Waals surface area contributed by atoms with E-state index in [1.165, 1.54) is 25.7 Å². The number of nitrogens with zero attached hydrogens (tertiary/aromatic N) is 4. The third-order valence-corrected chi connectivity index (χ3v) is 4.45. The highest BCUT2D eigenvalue weighted by Crippen LogP contribution is 2.17. The smallest absolute Gasteiger partial charge is 0.271 e. The molecular weight excluding hydrogens is 290 g/mol. The second-order valence-corrected chi connectivity index (χ2v) is 6.47. The van der Waals surface area contributed by atoms with Gasteiger partial charge in [-0.25, -0.2) is 4.68 Å². The van der Waals surface area contributed by atoms with Gasteiger partial charge in [0, 0.05) is 17.9 Å². The summed E-state index contributed by atoms with van der Waals surface area (Å²) in [5.74, 6) is -0.0657. The summed E-state index contributed by atoms with van der Waals surface area (Å²) in [6, 6.07) is 4.10. The number of carbonyl (C=O) groups excluding carboxylic acids is 1. The monoisotopic (exact) mass is 315 g/mol. The van der Waals surface area contributed by atoms with Crippen LogP contribution in [0, 0.1) is 13.8 Å². The lowest BCUT2D eigenvalue weighted by Gasteiger charge is -2.15. The normalized spacial score (nSPS) is 16.3. The molecule has 2 aromatic heterocycles. The molecule has 1 aliphatic rings. The van der Waals surface area contributed by atoms with Crippen molar-refractivity contribution in [2.45, 2.75) is 65.1 Å². The average Bonchev–Trinajstić information content (AvgIpc) is 2.99. The fraction of sp³-hybridized carbons (Fsp3) is 0.588. The van der Waals surface area contributed by atoms with Gasteiger partial charge in [0.15, 0.2) is 0 Å². The fourth-order valence-electron chi connectivity index (χ4n) is 3.20. The zero-order valence-electron chi connectivity index (χ0n) is 14.0. The van der Waals surface area contributed by atoms with E-state index in [1.807, 2.05) is 30.8 Å². The molecule has 1 amide bonds. The number of hydrogen-bond acceptors (Lipinski definition) is 3. The second-order valence-electron chi connectivity index (χ2n) is 6.47. The minimum atomic E-state index is -0.0657. The van der Waals surface area contributed by atoms with E-state index in [2.05, 4.69) is 15.5 Å². The molecule has 0 unspecified atom stereocenters. The topological polar surface area (TPSA) is 64.7 Å². The molecule has 1 N–H and O–H groups in total. The lowest BCUT2D eigenvalue weighted by molar-refractivity contribution is 0.0927. The van der Waals surface area contributed by atoms with Crippen molar-refractivity contribution >= 4 is 5.91 Å². The van der Waals surface area contributed by atoms with Crippen LogP contribution in [0.4, 0.5) is 0 Å². The fourth-order valence-corrected chi connectivity index (χ4v) is 3.20. The Hall–Kier alpha value is -2.11. The van der Waals surface area contributed by atoms with E-state index in [1.54, 1.807) is 10.7 Å². The molecule has 3 rings (SSSR count). The van der Waals surface area contributed by atoms with Gasteiger partial charge in [-0.1, -0.05) is 25.7 Å². The van der Waals surface area contributed by atoms with Crippen LogP contribution in [0.2, 0.25) is 0 Å². The van der Waals surface area contributed by atoms with Crippen molar-refractivity contribution < 1.29 is 4.79 Å². The van der Waals surface area contributed by atoms with Crippen LogP contribution in [-0.2, 0) is 6.67 Å². The van der Waals surface area contributed by atoms with Crippen molar-refractivity contribution in [3.05, 3.63) is 35.4 Å². The number of nitrogens with one attached hydrogen (secondary N) is 1. The van der Waals surface area contributed by atoms with Crippen LogP contribution in [0.3, 0.4) is 0 Å². The molecule has 0 bridgehead atoms.